The monoisotopic (exact) mass is 231 g/mol. The number of hydrogen-bond acceptors (Lipinski definition) is 4. The van der Waals surface area contributed by atoms with Crippen molar-refractivity contribution in [3.8, 4) is 0 Å². The van der Waals surface area contributed by atoms with Crippen molar-refractivity contribution in [3.63, 3.8) is 0 Å². The second-order valence-corrected chi connectivity index (χ2v) is 3.79. The van der Waals surface area contributed by atoms with Gasteiger partial charge in [-0.2, -0.15) is 0 Å². The van der Waals surface area contributed by atoms with Crippen molar-refractivity contribution < 1.29 is 14.7 Å². The molecule has 4 N–H and O–H groups in total. The number of rotatable bonds is 7. The van der Waals surface area contributed by atoms with Gasteiger partial charge in [-0.15, -0.1) is 0 Å². The minimum absolute atomic E-state index is 0.0219. The maximum absolute atomic E-state index is 11.7. The zero-order chi connectivity index (χ0) is 12.6. The third-order valence-corrected chi connectivity index (χ3v) is 2.13. The lowest BCUT2D eigenvalue weighted by Gasteiger charge is -2.21. The van der Waals surface area contributed by atoms with Crippen molar-refractivity contribution in [1.29, 1.82) is 0 Å². The van der Waals surface area contributed by atoms with Crippen LogP contribution < -0.4 is 16.0 Å². The molecule has 1 atom stereocenters. The summed E-state index contributed by atoms with van der Waals surface area (Å²) in [5, 5.41) is 16.5. The van der Waals surface area contributed by atoms with E-state index in [0.717, 1.165) is 0 Å². The van der Waals surface area contributed by atoms with Crippen LogP contribution in [0.2, 0.25) is 0 Å². The summed E-state index contributed by atoms with van der Waals surface area (Å²) in [4.78, 5) is 22.6. The molecule has 0 aromatic heterocycles. The van der Waals surface area contributed by atoms with Crippen molar-refractivity contribution in [2.75, 3.05) is 26.7 Å². The van der Waals surface area contributed by atoms with E-state index >= 15 is 0 Å². The van der Waals surface area contributed by atoms with Gasteiger partial charge in [0, 0.05) is 13.6 Å². The summed E-state index contributed by atoms with van der Waals surface area (Å²) in [6, 6.07) is -0.392. The van der Waals surface area contributed by atoms with Crippen molar-refractivity contribution in [3.05, 3.63) is 0 Å². The van der Waals surface area contributed by atoms with Gasteiger partial charge in [-0.3, -0.25) is 9.59 Å². The molecule has 0 aliphatic rings. The molecular formula is C10H21N3O3. The maximum Gasteiger partial charge on any atom is 0.239 e. The standard InChI is InChI=1S/C10H21N3O3/c1-7(2)9(12-4-5-14)10(16)13-6-8(15)11-3/h7,9,12,14H,4-6H2,1-3H3,(H,11,15)(H,13,16). The summed E-state index contributed by atoms with van der Waals surface area (Å²) in [6.45, 7) is 4.10. The van der Waals surface area contributed by atoms with Gasteiger partial charge in [0.25, 0.3) is 0 Å². The molecule has 6 nitrogen and oxygen atoms in total. The molecule has 94 valence electrons. The molecule has 16 heavy (non-hydrogen) atoms. The van der Waals surface area contributed by atoms with Gasteiger partial charge < -0.3 is 21.1 Å². The van der Waals surface area contributed by atoms with Gasteiger partial charge in [0.2, 0.25) is 11.8 Å². The Kier molecular flexibility index (Phi) is 7.49. The summed E-state index contributed by atoms with van der Waals surface area (Å²) in [7, 11) is 1.51. The van der Waals surface area contributed by atoms with Crippen LogP contribution in [0.3, 0.4) is 0 Å². The number of carbonyl (C=O) groups excluding carboxylic acids is 2. The van der Waals surface area contributed by atoms with E-state index in [-0.39, 0.29) is 30.9 Å². The Balaban J connectivity index is 4.11. The number of nitrogens with one attached hydrogen (secondary N) is 3. The van der Waals surface area contributed by atoms with E-state index in [1.54, 1.807) is 0 Å². The Labute approximate surface area is 95.8 Å². The van der Waals surface area contributed by atoms with E-state index in [1.807, 2.05) is 13.8 Å². The largest absolute Gasteiger partial charge is 0.395 e. The van der Waals surface area contributed by atoms with Crippen molar-refractivity contribution >= 4 is 11.8 Å². The van der Waals surface area contributed by atoms with Crippen LogP contribution in [0.15, 0.2) is 0 Å². The van der Waals surface area contributed by atoms with E-state index in [4.69, 9.17) is 5.11 Å². The Morgan fingerprint density at radius 1 is 1.31 bits per heavy atom. The second-order valence-electron chi connectivity index (χ2n) is 3.79. The van der Waals surface area contributed by atoms with Gasteiger partial charge in [0.05, 0.1) is 19.2 Å². The number of hydrogen-bond donors (Lipinski definition) is 4. The van der Waals surface area contributed by atoms with Gasteiger partial charge in [-0.25, -0.2) is 0 Å². The summed E-state index contributed by atoms with van der Waals surface area (Å²) in [5.74, 6) is -0.374. The van der Waals surface area contributed by atoms with Crippen LogP contribution in [-0.2, 0) is 9.59 Å². The molecule has 0 aromatic carbocycles. The van der Waals surface area contributed by atoms with Crippen LogP contribution in [0.4, 0.5) is 0 Å². The Morgan fingerprint density at radius 2 is 1.94 bits per heavy atom. The molecular weight excluding hydrogens is 210 g/mol. The predicted molar refractivity (Wildman–Crippen MR) is 60.8 cm³/mol. The summed E-state index contributed by atoms with van der Waals surface area (Å²) in [6.07, 6.45) is 0. The minimum atomic E-state index is -0.392. The fourth-order valence-corrected chi connectivity index (χ4v) is 1.22. The van der Waals surface area contributed by atoms with Gasteiger partial charge in [-0.1, -0.05) is 13.8 Å². The van der Waals surface area contributed by atoms with Gasteiger partial charge >= 0.3 is 0 Å². The lowest BCUT2D eigenvalue weighted by atomic mass is 10.0. The molecule has 0 saturated carbocycles. The zero-order valence-electron chi connectivity index (χ0n) is 10.0. The molecule has 2 amide bonds. The number of aliphatic hydroxyl groups excluding tert-OH is 1. The Hall–Kier alpha value is -1.14. The molecule has 0 heterocycles. The molecule has 6 heteroatoms. The lowest BCUT2D eigenvalue weighted by Crippen LogP contribution is -2.50. The highest BCUT2D eigenvalue weighted by atomic mass is 16.3. The fourth-order valence-electron chi connectivity index (χ4n) is 1.22. The first kappa shape index (κ1) is 14.9. The maximum atomic E-state index is 11.7. The summed E-state index contributed by atoms with van der Waals surface area (Å²) < 4.78 is 0. The van der Waals surface area contributed by atoms with E-state index < -0.39 is 6.04 Å². The average Bonchev–Trinajstić information content (AvgIpc) is 2.25. The predicted octanol–water partition coefficient (Wildman–Crippen LogP) is -1.54. The number of amides is 2. The Morgan fingerprint density at radius 3 is 2.38 bits per heavy atom. The van der Waals surface area contributed by atoms with Gasteiger partial charge in [-0.05, 0) is 5.92 Å². The first-order valence-corrected chi connectivity index (χ1v) is 5.35. The quantitative estimate of drug-likeness (QED) is 0.427. The van der Waals surface area contributed by atoms with Crippen LogP contribution in [-0.4, -0.2) is 49.7 Å². The molecule has 0 rings (SSSR count). The highest BCUT2D eigenvalue weighted by molar-refractivity contribution is 5.87. The van der Waals surface area contributed by atoms with E-state index in [2.05, 4.69) is 16.0 Å². The number of likely N-dealkylation sites (N-methyl/N-ethyl adjacent to an activating group) is 1. The van der Waals surface area contributed by atoms with E-state index in [9.17, 15) is 9.59 Å². The smallest absolute Gasteiger partial charge is 0.239 e. The van der Waals surface area contributed by atoms with Gasteiger partial charge in [0.1, 0.15) is 0 Å². The van der Waals surface area contributed by atoms with Crippen molar-refractivity contribution in [2.45, 2.75) is 19.9 Å². The summed E-state index contributed by atoms with van der Waals surface area (Å²) in [5.41, 5.74) is 0. The molecule has 0 aromatic rings. The average molecular weight is 231 g/mol. The Bertz CT molecular complexity index is 231. The second kappa shape index (κ2) is 8.06. The van der Waals surface area contributed by atoms with Crippen LogP contribution in [0.1, 0.15) is 13.8 Å². The third kappa shape index (κ3) is 5.67. The first-order valence-electron chi connectivity index (χ1n) is 5.35. The molecule has 1 unspecified atom stereocenters. The van der Waals surface area contributed by atoms with Crippen molar-refractivity contribution in [1.82, 2.24) is 16.0 Å². The van der Waals surface area contributed by atoms with Crippen LogP contribution in [0, 0.1) is 5.92 Å². The fraction of sp³-hybridized carbons (Fsp3) is 0.800. The SMILES string of the molecule is CNC(=O)CNC(=O)C(NCCO)C(C)C. The van der Waals surface area contributed by atoms with Crippen molar-refractivity contribution in [2.24, 2.45) is 5.92 Å². The first-order chi connectivity index (χ1) is 7.52. The molecule has 0 radical (unpaired) electrons. The van der Waals surface area contributed by atoms with Crippen LogP contribution >= 0.6 is 0 Å². The normalized spacial score (nSPS) is 12.3. The number of carbonyl (C=O) groups is 2. The lowest BCUT2D eigenvalue weighted by molar-refractivity contribution is -0.127. The molecule has 0 saturated heterocycles. The van der Waals surface area contributed by atoms with E-state index in [0.29, 0.717) is 6.54 Å². The highest BCUT2D eigenvalue weighted by Crippen LogP contribution is 2.00. The van der Waals surface area contributed by atoms with Crippen LogP contribution in [0.25, 0.3) is 0 Å². The van der Waals surface area contributed by atoms with Crippen LogP contribution in [0.5, 0.6) is 0 Å². The summed E-state index contributed by atoms with van der Waals surface area (Å²) >= 11 is 0. The van der Waals surface area contributed by atoms with E-state index in [1.165, 1.54) is 7.05 Å². The number of aliphatic hydroxyl groups is 1. The zero-order valence-corrected chi connectivity index (χ0v) is 10.0. The molecule has 0 aliphatic carbocycles. The third-order valence-electron chi connectivity index (χ3n) is 2.13. The molecule has 0 spiro atoms. The highest BCUT2D eigenvalue weighted by Gasteiger charge is 2.21. The molecule has 0 fully saturated rings. The molecule has 0 aliphatic heterocycles. The minimum Gasteiger partial charge on any atom is -0.395 e. The van der Waals surface area contributed by atoms with Gasteiger partial charge in [0.15, 0.2) is 0 Å². The topological polar surface area (TPSA) is 90.5 Å². The molecule has 0 bridgehead atoms.